The lowest BCUT2D eigenvalue weighted by Crippen LogP contribution is -2.42. The minimum atomic E-state index is -0.771. The molecule has 1 atom stereocenters. The molecule has 24 heavy (non-hydrogen) atoms. The fraction of sp³-hybridized carbons (Fsp3) is 0.312. The highest BCUT2D eigenvalue weighted by Gasteiger charge is 2.34. The molecule has 0 saturated carbocycles. The van der Waals surface area contributed by atoms with Crippen LogP contribution in [0.25, 0.3) is 0 Å². The number of ether oxygens (including phenoxy) is 1. The Hall–Kier alpha value is -1.99. The summed E-state index contributed by atoms with van der Waals surface area (Å²) in [7, 11) is 0. The molecule has 8 heteroatoms. The van der Waals surface area contributed by atoms with Crippen LogP contribution in [0.15, 0.2) is 35.4 Å². The molecule has 0 spiro atoms. The Morgan fingerprint density at radius 1 is 1.50 bits per heavy atom. The second-order valence-electron chi connectivity index (χ2n) is 4.96. The molecule has 2 rings (SSSR count). The fourth-order valence-electron chi connectivity index (χ4n) is 2.13. The van der Waals surface area contributed by atoms with Gasteiger partial charge in [0.2, 0.25) is 11.8 Å². The van der Waals surface area contributed by atoms with Crippen LogP contribution in [0.1, 0.15) is 13.8 Å². The Labute approximate surface area is 149 Å². The highest BCUT2D eigenvalue weighted by atomic mass is 35.5. The van der Waals surface area contributed by atoms with Crippen LogP contribution in [0.2, 0.25) is 5.02 Å². The molecule has 1 fully saturated rings. The van der Waals surface area contributed by atoms with Crippen LogP contribution in [-0.4, -0.2) is 41.1 Å². The third-order valence-electron chi connectivity index (χ3n) is 3.24. The van der Waals surface area contributed by atoms with E-state index in [4.69, 9.17) is 16.3 Å². The lowest BCUT2D eigenvalue weighted by molar-refractivity contribution is -0.137. The molecule has 1 heterocycles. The maximum atomic E-state index is 12.4. The number of nitrogens with zero attached hydrogens (tertiary/aromatic N) is 1. The first-order chi connectivity index (χ1) is 11.4. The van der Waals surface area contributed by atoms with Crippen molar-refractivity contribution in [2.45, 2.75) is 19.9 Å². The van der Waals surface area contributed by atoms with Gasteiger partial charge in [-0.25, -0.2) is 4.79 Å². The average Bonchev–Trinajstić information content (AvgIpc) is 2.87. The largest absolute Gasteiger partial charge is 0.463 e. The van der Waals surface area contributed by atoms with E-state index in [-0.39, 0.29) is 24.2 Å². The number of rotatable bonds is 5. The van der Waals surface area contributed by atoms with E-state index in [1.54, 1.807) is 38.1 Å². The van der Waals surface area contributed by atoms with E-state index in [1.165, 1.54) is 22.7 Å². The second-order valence-corrected chi connectivity index (χ2v) is 6.39. The van der Waals surface area contributed by atoms with Crippen molar-refractivity contribution in [3.8, 4) is 0 Å². The van der Waals surface area contributed by atoms with Gasteiger partial charge >= 0.3 is 5.97 Å². The van der Waals surface area contributed by atoms with E-state index in [0.717, 1.165) is 0 Å². The second kappa shape index (κ2) is 8.21. The number of hydrogen-bond acceptors (Lipinski definition) is 5. The summed E-state index contributed by atoms with van der Waals surface area (Å²) in [5, 5.41) is 3.61. The van der Waals surface area contributed by atoms with Gasteiger partial charge in [-0.15, -0.1) is 0 Å². The van der Waals surface area contributed by atoms with Crippen LogP contribution in [0.3, 0.4) is 0 Å². The number of carbonyl (C=O) groups is 3. The van der Waals surface area contributed by atoms with Crippen molar-refractivity contribution in [1.29, 1.82) is 0 Å². The molecule has 1 aliphatic rings. The van der Waals surface area contributed by atoms with E-state index in [9.17, 15) is 14.4 Å². The van der Waals surface area contributed by atoms with Gasteiger partial charge in [0.1, 0.15) is 6.04 Å². The first-order valence-corrected chi connectivity index (χ1v) is 8.68. The monoisotopic (exact) mass is 368 g/mol. The number of carbonyl (C=O) groups excluding carboxylic acids is 3. The Kier molecular flexibility index (Phi) is 6.28. The molecule has 0 aliphatic carbocycles. The fourth-order valence-corrected chi connectivity index (χ4v) is 3.31. The van der Waals surface area contributed by atoms with Crippen molar-refractivity contribution < 1.29 is 19.1 Å². The van der Waals surface area contributed by atoms with Gasteiger partial charge in [-0.1, -0.05) is 29.4 Å². The lowest BCUT2D eigenvalue weighted by Gasteiger charge is -2.24. The number of amides is 2. The summed E-state index contributed by atoms with van der Waals surface area (Å²) in [6, 6.07) is 5.95. The molecule has 0 radical (unpaired) electrons. The first kappa shape index (κ1) is 18.4. The van der Waals surface area contributed by atoms with Crippen molar-refractivity contribution in [3.63, 3.8) is 0 Å². The zero-order valence-electron chi connectivity index (χ0n) is 13.2. The highest BCUT2D eigenvalue weighted by Crippen LogP contribution is 2.31. The van der Waals surface area contributed by atoms with Crippen molar-refractivity contribution in [2.24, 2.45) is 0 Å². The summed E-state index contributed by atoms with van der Waals surface area (Å²) in [4.78, 5) is 37.4. The Balaban J connectivity index is 2.13. The van der Waals surface area contributed by atoms with Crippen molar-refractivity contribution >= 4 is 46.8 Å². The summed E-state index contributed by atoms with van der Waals surface area (Å²) in [6.45, 7) is 3.54. The van der Waals surface area contributed by atoms with Gasteiger partial charge in [0.25, 0.3) is 0 Å². The molecule has 0 unspecified atom stereocenters. The molecule has 128 valence electrons. The van der Waals surface area contributed by atoms with E-state index in [1.807, 2.05) is 0 Å². The minimum Gasteiger partial charge on any atom is -0.463 e. The summed E-state index contributed by atoms with van der Waals surface area (Å²) in [5.74, 6) is -0.964. The van der Waals surface area contributed by atoms with Gasteiger partial charge < -0.3 is 10.1 Å². The third kappa shape index (κ3) is 4.52. The van der Waals surface area contributed by atoms with Gasteiger partial charge in [-0.05, 0) is 32.0 Å². The lowest BCUT2D eigenvalue weighted by atomic mass is 10.2. The number of benzene rings is 1. The normalized spacial score (nSPS) is 17.0. The van der Waals surface area contributed by atoms with Gasteiger partial charge in [0.05, 0.1) is 23.5 Å². The summed E-state index contributed by atoms with van der Waals surface area (Å²) < 4.78 is 4.85. The number of thioether (sulfide) groups is 1. The zero-order chi connectivity index (χ0) is 17.7. The highest BCUT2D eigenvalue weighted by molar-refractivity contribution is 8.04. The maximum absolute atomic E-state index is 12.4. The predicted molar refractivity (Wildman–Crippen MR) is 93.6 cm³/mol. The van der Waals surface area contributed by atoms with Gasteiger partial charge in [-0.2, -0.15) is 0 Å². The van der Waals surface area contributed by atoms with Crippen molar-refractivity contribution in [1.82, 2.24) is 4.90 Å². The number of anilines is 1. The van der Waals surface area contributed by atoms with E-state index in [0.29, 0.717) is 15.7 Å². The molecule has 1 N–H and O–H groups in total. The average molecular weight is 369 g/mol. The van der Waals surface area contributed by atoms with E-state index < -0.39 is 12.0 Å². The quantitative estimate of drug-likeness (QED) is 0.638. The minimum absolute atomic E-state index is 0.181. The number of esters is 1. The molecule has 1 aromatic carbocycles. The smallest absolute Gasteiger partial charge is 0.333 e. The summed E-state index contributed by atoms with van der Waals surface area (Å²) in [5.41, 5.74) is 0.537. The van der Waals surface area contributed by atoms with Crippen LogP contribution in [0.5, 0.6) is 0 Å². The van der Waals surface area contributed by atoms with Gasteiger partial charge in [-0.3, -0.25) is 14.5 Å². The van der Waals surface area contributed by atoms with Gasteiger partial charge in [0.15, 0.2) is 0 Å². The Morgan fingerprint density at radius 3 is 2.92 bits per heavy atom. The Bertz CT molecular complexity index is 692. The van der Waals surface area contributed by atoms with Crippen LogP contribution < -0.4 is 5.32 Å². The summed E-state index contributed by atoms with van der Waals surface area (Å²) in [6.07, 6.45) is 1.24. The third-order valence-corrected chi connectivity index (χ3v) is 4.47. The number of nitrogens with one attached hydrogen (secondary N) is 1. The standard InChI is InChI=1S/C16H17ClN2O4S/c1-3-23-15(21)8-14-19(13(20)9-24-14)10(2)16(22)18-12-6-4-5-11(17)7-12/h4-8,10H,3,9H2,1-2H3,(H,18,22)/b14-8-/t10-/m0/s1. The SMILES string of the molecule is CCOC(=O)/C=C1\SCC(=O)N1[C@@H](C)C(=O)Nc1cccc(Cl)c1. The molecule has 0 bridgehead atoms. The molecule has 2 amide bonds. The van der Waals surface area contributed by atoms with Crippen LogP contribution in [0.4, 0.5) is 5.69 Å². The number of hydrogen-bond donors (Lipinski definition) is 1. The Morgan fingerprint density at radius 2 is 2.25 bits per heavy atom. The van der Waals surface area contributed by atoms with Crippen LogP contribution >= 0.6 is 23.4 Å². The topological polar surface area (TPSA) is 75.7 Å². The molecule has 0 aromatic heterocycles. The molecule has 1 saturated heterocycles. The molecule has 6 nitrogen and oxygen atoms in total. The van der Waals surface area contributed by atoms with Gasteiger partial charge in [0, 0.05) is 10.7 Å². The molecule has 1 aromatic rings. The molecular formula is C16H17ClN2O4S. The van der Waals surface area contributed by atoms with E-state index >= 15 is 0 Å². The molecule has 1 aliphatic heterocycles. The van der Waals surface area contributed by atoms with E-state index in [2.05, 4.69) is 5.32 Å². The number of halogens is 1. The van der Waals surface area contributed by atoms with Crippen molar-refractivity contribution in [3.05, 3.63) is 40.4 Å². The predicted octanol–water partition coefficient (Wildman–Crippen LogP) is 2.65. The maximum Gasteiger partial charge on any atom is 0.333 e. The molecular weight excluding hydrogens is 352 g/mol. The van der Waals surface area contributed by atoms with Crippen LogP contribution in [0, 0.1) is 0 Å². The van der Waals surface area contributed by atoms with Crippen molar-refractivity contribution in [2.75, 3.05) is 17.7 Å². The van der Waals surface area contributed by atoms with Crippen LogP contribution in [-0.2, 0) is 19.1 Å². The first-order valence-electron chi connectivity index (χ1n) is 7.32. The summed E-state index contributed by atoms with van der Waals surface area (Å²) >= 11 is 7.09. The zero-order valence-corrected chi connectivity index (χ0v) is 14.8.